The fraction of sp³-hybridized carbons (Fsp3) is 0.533. The third-order valence-corrected chi connectivity index (χ3v) is 4.50. The van der Waals surface area contributed by atoms with Crippen LogP contribution in [0.1, 0.15) is 31.4 Å². The quantitative estimate of drug-likeness (QED) is 0.868. The molecule has 0 aromatic heterocycles. The number of benzene rings is 1. The predicted octanol–water partition coefficient (Wildman–Crippen LogP) is 2.29. The molecule has 2 aliphatic rings. The summed E-state index contributed by atoms with van der Waals surface area (Å²) < 4.78 is 5.52. The van der Waals surface area contributed by atoms with E-state index < -0.39 is 0 Å². The van der Waals surface area contributed by atoms with Gasteiger partial charge in [0.2, 0.25) is 5.91 Å². The van der Waals surface area contributed by atoms with Crippen LogP contribution in [0.3, 0.4) is 0 Å². The summed E-state index contributed by atoms with van der Waals surface area (Å²) in [6.45, 7) is 3.84. The SMILES string of the molecule is CC1(C2CCOC2)CC(=O)NC1c1ccccc1. The average Bonchev–Trinajstić information content (AvgIpc) is 2.99. The first-order valence-electron chi connectivity index (χ1n) is 6.62. The third-order valence-electron chi connectivity index (χ3n) is 4.50. The Kier molecular flexibility index (Phi) is 2.86. The van der Waals surface area contributed by atoms with Crippen molar-refractivity contribution in [3.63, 3.8) is 0 Å². The lowest BCUT2D eigenvalue weighted by Crippen LogP contribution is -2.34. The van der Waals surface area contributed by atoms with Gasteiger partial charge < -0.3 is 10.1 Å². The lowest BCUT2D eigenvalue weighted by Gasteiger charge is -2.35. The number of rotatable bonds is 2. The normalized spacial score (nSPS) is 35.7. The maximum absolute atomic E-state index is 11.8. The number of ether oxygens (including phenoxy) is 1. The summed E-state index contributed by atoms with van der Waals surface area (Å²) in [6.07, 6.45) is 1.68. The molecular weight excluding hydrogens is 226 g/mol. The van der Waals surface area contributed by atoms with E-state index >= 15 is 0 Å². The molecule has 3 nitrogen and oxygen atoms in total. The molecule has 3 unspecified atom stereocenters. The third kappa shape index (κ3) is 1.83. The van der Waals surface area contributed by atoms with Crippen molar-refractivity contribution in [2.75, 3.05) is 13.2 Å². The van der Waals surface area contributed by atoms with Gasteiger partial charge >= 0.3 is 0 Å². The van der Waals surface area contributed by atoms with E-state index in [0.717, 1.165) is 19.6 Å². The topological polar surface area (TPSA) is 38.3 Å². The molecule has 3 rings (SSSR count). The van der Waals surface area contributed by atoms with Gasteiger partial charge in [0.1, 0.15) is 0 Å². The van der Waals surface area contributed by atoms with Gasteiger partial charge in [-0.05, 0) is 17.9 Å². The lowest BCUT2D eigenvalue weighted by atomic mass is 9.69. The molecule has 0 spiro atoms. The molecule has 2 saturated heterocycles. The highest BCUT2D eigenvalue weighted by molar-refractivity contribution is 5.80. The van der Waals surface area contributed by atoms with Crippen molar-refractivity contribution in [3.8, 4) is 0 Å². The number of carbonyl (C=O) groups excluding carboxylic acids is 1. The Morgan fingerprint density at radius 1 is 1.33 bits per heavy atom. The molecule has 0 aliphatic carbocycles. The lowest BCUT2D eigenvalue weighted by molar-refractivity contribution is -0.119. The van der Waals surface area contributed by atoms with E-state index in [0.29, 0.717) is 12.3 Å². The van der Waals surface area contributed by atoms with Gasteiger partial charge in [-0.2, -0.15) is 0 Å². The Labute approximate surface area is 108 Å². The van der Waals surface area contributed by atoms with Crippen LogP contribution in [0, 0.1) is 11.3 Å². The Bertz CT molecular complexity index is 439. The van der Waals surface area contributed by atoms with Crippen LogP contribution in [-0.4, -0.2) is 19.1 Å². The summed E-state index contributed by atoms with van der Waals surface area (Å²) >= 11 is 0. The maximum atomic E-state index is 11.8. The van der Waals surface area contributed by atoms with Crippen LogP contribution in [0.15, 0.2) is 30.3 Å². The van der Waals surface area contributed by atoms with Gasteiger partial charge in [-0.25, -0.2) is 0 Å². The van der Waals surface area contributed by atoms with Crippen LogP contribution in [0.5, 0.6) is 0 Å². The predicted molar refractivity (Wildman–Crippen MR) is 69.0 cm³/mol. The monoisotopic (exact) mass is 245 g/mol. The minimum atomic E-state index is -0.0189. The summed E-state index contributed by atoms with van der Waals surface area (Å²) in [5, 5.41) is 3.14. The first kappa shape index (κ1) is 11.7. The first-order valence-corrected chi connectivity index (χ1v) is 6.62. The van der Waals surface area contributed by atoms with Crippen molar-refractivity contribution < 1.29 is 9.53 Å². The van der Waals surface area contributed by atoms with Gasteiger partial charge in [0, 0.05) is 18.4 Å². The van der Waals surface area contributed by atoms with E-state index in [2.05, 4.69) is 24.4 Å². The number of nitrogens with one attached hydrogen (secondary N) is 1. The molecule has 96 valence electrons. The fourth-order valence-electron chi connectivity index (χ4n) is 3.37. The zero-order chi connectivity index (χ0) is 12.6. The zero-order valence-corrected chi connectivity index (χ0v) is 10.7. The maximum Gasteiger partial charge on any atom is 0.221 e. The molecular formula is C15H19NO2. The van der Waals surface area contributed by atoms with Crippen molar-refractivity contribution in [2.24, 2.45) is 11.3 Å². The van der Waals surface area contributed by atoms with E-state index in [1.807, 2.05) is 18.2 Å². The largest absolute Gasteiger partial charge is 0.381 e. The minimum Gasteiger partial charge on any atom is -0.381 e. The van der Waals surface area contributed by atoms with Crippen molar-refractivity contribution in [1.29, 1.82) is 0 Å². The van der Waals surface area contributed by atoms with Gasteiger partial charge in [0.05, 0.1) is 12.6 Å². The number of amides is 1. The second-order valence-electron chi connectivity index (χ2n) is 5.65. The van der Waals surface area contributed by atoms with Gasteiger partial charge in [-0.1, -0.05) is 37.3 Å². The molecule has 1 amide bonds. The van der Waals surface area contributed by atoms with Crippen molar-refractivity contribution in [2.45, 2.75) is 25.8 Å². The molecule has 3 atom stereocenters. The first-order chi connectivity index (χ1) is 8.70. The van der Waals surface area contributed by atoms with E-state index in [-0.39, 0.29) is 17.4 Å². The molecule has 3 heteroatoms. The van der Waals surface area contributed by atoms with Crippen molar-refractivity contribution in [1.82, 2.24) is 5.32 Å². The Balaban J connectivity index is 1.94. The molecule has 1 aromatic carbocycles. The standard InChI is InChI=1S/C15H19NO2/c1-15(12-7-8-18-10-12)9-13(17)16-14(15)11-5-3-2-4-6-11/h2-6,12,14H,7-10H2,1H3,(H,16,17). The van der Waals surface area contributed by atoms with Crippen LogP contribution in [-0.2, 0) is 9.53 Å². The summed E-state index contributed by atoms with van der Waals surface area (Å²) in [4.78, 5) is 11.8. The fourth-order valence-corrected chi connectivity index (χ4v) is 3.37. The van der Waals surface area contributed by atoms with E-state index in [9.17, 15) is 4.79 Å². The molecule has 2 fully saturated rings. The Morgan fingerprint density at radius 3 is 2.78 bits per heavy atom. The summed E-state index contributed by atoms with van der Waals surface area (Å²) in [7, 11) is 0. The van der Waals surface area contributed by atoms with Gasteiger partial charge in [-0.3, -0.25) is 4.79 Å². The summed E-state index contributed by atoms with van der Waals surface area (Å²) in [5.41, 5.74) is 1.19. The summed E-state index contributed by atoms with van der Waals surface area (Å²) in [5.74, 6) is 0.639. The van der Waals surface area contributed by atoms with Gasteiger partial charge in [-0.15, -0.1) is 0 Å². The highest BCUT2D eigenvalue weighted by atomic mass is 16.5. The van der Waals surface area contributed by atoms with Crippen molar-refractivity contribution in [3.05, 3.63) is 35.9 Å². The average molecular weight is 245 g/mol. The molecule has 1 aromatic rings. The highest BCUT2D eigenvalue weighted by Gasteiger charge is 2.49. The minimum absolute atomic E-state index is 0.0189. The molecule has 18 heavy (non-hydrogen) atoms. The van der Waals surface area contributed by atoms with Gasteiger partial charge in [0.25, 0.3) is 0 Å². The number of carbonyl (C=O) groups is 1. The molecule has 2 heterocycles. The van der Waals surface area contributed by atoms with Crippen LogP contribution in [0.25, 0.3) is 0 Å². The number of hydrogen-bond acceptors (Lipinski definition) is 2. The highest BCUT2D eigenvalue weighted by Crippen LogP contribution is 2.49. The molecule has 0 bridgehead atoms. The van der Waals surface area contributed by atoms with Gasteiger partial charge in [0.15, 0.2) is 0 Å². The zero-order valence-electron chi connectivity index (χ0n) is 10.7. The smallest absolute Gasteiger partial charge is 0.221 e. The molecule has 0 saturated carbocycles. The van der Waals surface area contributed by atoms with Crippen LogP contribution in [0.2, 0.25) is 0 Å². The Hall–Kier alpha value is -1.35. The van der Waals surface area contributed by atoms with E-state index in [4.69, 9.17) is 4.74 Å². The van der Waals surface area contributed by atoms with E-state index in [1.165, 1.54) is 5.56 Å². The second-order valence-corrected chi connectivity index (χ2v) is 5.65. The molecule has 1 N–H and O–H groups in total. The van der Waals surface area contributed by atoms with Crippen LogP contribution in [0.4, 0.5) is 0 Å². The van der Waals surface area contributed by atoms with Crippen molar-refractivity contribution >= 4 is 5.91 Å². The van der Waals surface area contributed by atoms with Crippen LogP contribution >= 0.6 is 0 Å². The Morgan fingerprint density at radius 2 is 2.11 bits per heavy atom. The van der Waals surface area contributed by atoms with E-state index in [1.54, 1.807) is 0 Å². The number of hydrogen-bond donors (Lipinski definition) is 1. The molecule has 2 aliphatic heterocycles. The second kappa shape index (κ2) is 4.39. The van der Waals surface area contributed by atoms with Crippen LogP contribution < -0.4 is 5.32 Å². The molecule has 0 radical (unpaired) electrons. The summed E-state index contributed by atoms with van der Waals surface area (Å²) in [6, 6.07) is 10.4.